The maximum Gasteiger partial charge on any atom is 0.269 e. The van der Waals surface area contributed by atoms with Gasteiger partial charge in [-0.05, 0) is 66.1 Å². The summed E-state index contributed by atoms with van der Waals surface area (Å²) in [6, 6.07) is 35.9. The second-order valence-electron chi connectivity index (χ2n) is 10.2. The molecule has 7 nitrogen and oxygen atoms in total. The van der Waals surface area contributed by atoms with Crippen LogP contribution in [0.15, 0.2) is 132 Å². The van der Waals surface area contributed by atoms with Crippen molar-refractivity contribution in [3.8, 4) is 11.5 Å². The van der Waals surface area contributed by atoms with Crippen LogP contribution in [0.2, 0.25) is 0 Å². The molecule has 0 aromatic heterocycles. The molecular weight excluding hydrogens is 560 g/mol. The molecule has 5 aromatic rings. The van der Waals surface area contributed by atoms with E-state index in [-0.39, 0.29) is 22.0 Å². The number of benzene rings is 5. The first-order chi connectivity index (χ1) is 20.8. The number of hydrogen-bond donors (Lipinski definition) is 3. The highest BCUT2D eigenvalue weighted by Gasteiger charge is 2.39. The first-order valence-corrected chi connectivity index (χ1v) is 15.1. The van der Waals surface area contributed by atoms with Crippen LogP contribution >= 0.6 is 0 Å². The Morgan fingerprint density at radius 1 is 0.744 bits per heavy atom. The van der Waals surface area contributed by atoms with Gasteiger partial charge in [-0.15, -0.1) is 0 Å². The summed E-state index contributed by atoms with van der Waals surface area (Å²) in [6.45, 7) is 1.76. The number of phenols is 2. The Morgan fingerprint density at radius 2 is 1.35 bits per heavy atom. The number of carbonyl (C=O) groups excluding carboxylic acids is 1. The van der Waals surface area contributed by atoms with Crippen LogP contribution in [0.4, 0.5) is 5.69 Å². The molecule has 6 rings (SSSR count). The summed E-state index contributed by atoms with van der Waals surface area (Å²) in [5, 5.41) is 23.0. The van der Waals surface area contributed by atoms with Crippen LogP contribution in [0.3, 0.4) is 0 Å². The van der Waals surface area contributed by atoms with E-state index in [0.29, 0.717) is 28.1 Å². The molecule has 214 valence electrons. The number of hydrogen-bond acceptors (Lipinski definition) is 5. The van der Waals surface area contributed by atoms with Gasteiger partial charge >= 0.3 is 0 Å². The Bertz CT molecular complexity index is 1960. The van der Waals surface area contributed by atoms with E-state index in [4.69, 9.17) is 0 Å². The predicted octanol–water partition coefficient (Wildman–Crippen LogP) is 6.71. The zero-order valence-electron chi connectivity index (χ0n) is 23.2. The molecule has 0 bridgehead atoms. The summed E-state index contributed by atoms with van der Waals surface area (Å²) in [4.78, 5) is 13.0. The molecule has 1 atom stereocenters. The quantitative estimate of drug-likeness (QED) is 0.204. The predicted molar refractivity (Wildman–Crippen MR) is 167 cm³/mol. The summed E-state index contributed by atoms with van der Waals surface area (Å²) in [5.41, 5.74) is 4.34. The second-order valence-corrected chi connectivity index (χ2v) is 12.0. The molecule has 43 heavy (non-hydrogen) atoms. The molecule has 8 heteroatoms. The molecule has 1 heterocycles. The van der Waals surface area contributed by atoms with Crippen LogP contribution < -0.4 is 9.62 Å². The van der Waals surface area contributed by atoms with Crippen LogP contribution in [0.5, 0.6) is 11.5 Å². The van der Waals surface area contributed by atoms with Crippen molar-refractivity contribution in [2.75, 3.05) is 4.31 Å². The summed E-state index contributed by atoms with van der Waals surface area (Å²) >= 11 is 0. The van der Waals surface area contributed by atoms with Gasteiger partial charge in [0.15, 0.2) is 0 Å². The van der Waals surface area contributed by atoms with E-state index in [1.54, 1.807) is 43.3 Å². The van der Waals surface area contributed by atoms with Crippen molar-refractivity contribution in [1.82, 2.24) is 5.32 Å². The monoisotopic (exact) mass is 588 g/mol. The van der Waals surface area contributed by atoms with Gasteiger partial charge in [0.1, 0.15) is 11.5 Å². The first kappa shape index (κ1) is 27.8. The zero-order valence-corrected chi connectivity index (χ0v) is 24.0. The molecule has 5 aromatic carbocycles. The lowest BCUT2D eigenvalue weighted by Crippen LogP contribution is -2.35. The molecule has 1 unspecified atom stereocenters. The molecule has 3 N–H and O–H groups in total. The van der Waals surface area contributed by atoms with Crippen molar-refractivity contribution >= 4 is 32.9 Å². The summed E-state index contributed by atoms with van der Waals surface area (Å²) in [6.07, 6.45) is 0. The zero-order chi connectivity index (χ0) is 30.1. The van der Waals surface area contributed by atoms with Crippen LogP contribution in [-0.4, -0.2) is 24.5 Å². The minimum Gasteiger partial charge on any atom is -0.508 e. The van der Waals surface area contributed by atoms with Gasteiger partial charge in [-0.2, -0.15) is 0 Å². The van der Waals surface area contributed by atoms with Gasteiger partial charge in [0.25, 0.3) is 15.9 Å². The Hall–Kier alpha value is -5.34. The first-order valence-electron chi connectivity index (χ1n) is 13.7. The lowest BCUT2D eigenvalue weighted by atomic mass is 9.91. The van der Waals surface area contributed by atoms with Crippen LogP contribution in [0.1, 0.15) is 45.6 Å². The number of amides is 1. The van der Waals surface area contributed by atoms with Crippen molar-refractivity contribution in [2.45, 2.75) is 17.9 Å². The topological polar surface area (TPSA) is 107 Å². The number of fused-ring (bicyclic) bond motifs is 1. The van der Waals surface area contributed by atoms with Gasteiger partial charge in [-0.1, -0.05) is 84.9 Å². The standard InChI is InChI=1S/C35H28N2O5S/c1-23(36-35(40)29-14-8-9-15-31(29)39)26-16-21-30-32(22-26)43(41,42)37(27-17-19-28(38)20-18-27)34(25-12-6-3-7-13-25)33(30)24-10-4-2-5-11-24/h2-23,38-39H,1H3,(H,36,40). The molecule has 1 aliphatic heterocycles. The number of rotatable bonds is 6. The highest BCUT2D eigenvalue weighted by Crippen LogP contribution is 2.47. The number of carbonyl (C=O) groups is 1. The third-order valence-electron chi connectivity index (χ3n) is 7.42. The van der Waals surface area contributed by atoms with Crippen molar-refractivity contribution in [3.05, 3.63) is 155 Å². The smallest absolute Gasteiger partial charge is 0.269 e. The van der Waals surface area contributed by atoms with Crippen molar-refractivity contribution in [2.24, 2.45) is 0 Å². The molecule has 0 fully saturated rings. The fraction of sp³-hybridized carbons (Fsp3) is 0.0571. The Labute approximate surface area is 250 Å². The number of sulfonamides is 1. The molecule has 0 radical (unpaired) electrons. The number of para-hydroxylation sites is 1. The minimum atomic E-state index is -4.19. The second kappa shape index (κ2) is 11.2. The molecule has 0 spiro atoms. The molecule has 1 aliphatic rings. The summed E-state index contributed by atoms with van der Waals surface area (Å²) in [7, 11) is -4.19. The van der Waals surface area contributed by atoms with Crippen molar-refractivity contribution < 1.29 is 23.4 Å². The highest BCUT2D eigenvalue weighted by molar-refractivity contribution is 7.93. The highest BCUT2D eigenvalue weighted by atomic mass is 32.2. The molecule has 0 aliphatic carbocycles. The number of nitrogens with one attached hydrogen (secondary N) is 1. The number of nitrogens with zero attached hydrogens (tertiary/aromatic N) is 1. The molecule has 0 saturated carbocycles. The van der Waals surface area contributed by atoms with E-state index in [9.17, 15) is 23.4 Å². The van der Waals surface area contributed by atoms with Crippen molar-refractivity contribution in [1.29, 1.82) is 0 Å². The largest absolute Gasteiger partial charge is 0.508 e. The van der Waals surface area contributed by atoms with Gasteiger partial charge in [0, 0.05) is 11.1 Å². The molecule has 1 amide bonds. The third-order valence-corrected chi connectivity index (χ3v) is 9.19. The SMILES string of the molecule is CC(NC(=O)c1ccccc1O)c1ccc2c(c1)S(=O)(=O)N(c1ccc(O)cc1)C(c1ccccc1)=C2c1ccccc1. The summed E-state index contributed by atoms with van der Waals surface area (Å²) in [5.74, 6) is -0.604. The van der Waals surface area contributed by atoms with Gasteiger partial charge in [-0.25, -0.2) is 12.7 Å². The fourth-order valence-corrected chi connectivity index (χ4v) is 7.08. The Morgan fingerprint density at radius 3 is 2.00 bits per heavy atom. The normalized spacial score (nSPS) is 14.6. The van der Waals surface area contributed by atoms with Crippen molar-refractivity contribution in [3.63, 3.8) is 0 Å². The number of phenolic OH excluding ortho intramolecular Hbond substituents is 2. The Balaban J connectivity index is 1.56. The Kier molecular flexibility index (Phi) is 7.21. The van der Waals surface area contributed by atoms with E-state index < -0.39 is 22.0 Å². The fourth-order valence-electron chi connectivity index (χ4n) is 5.31. The van der Waals surface area contributed by atoms with E-state index in [1.165, 1.54) is 28.6 Å². The summed E-state index contributed by atoms with van der Waals surface area (Å²) < 4.78 is 30.6. The third kappa shape index (κ3) is 5.13. The maximum atomic E-state index is 14.6. The van der Waals surface area contributed by atoms with E-state index >= 15 is 0 Å². The average Bonchev–Trinajstić information content (AvgIpc) is 3.02. The van der Waals surface area contributed by atoms with Crippen LogP contribution in [-0.2, 0) is 10.0 Å². The van der Waals surface area contributed by atoms with Crippen LogP contribution in [0, 0.1) is 0 Å². The number of aromatic hydroxyl groups is 2. The molecular formula is C35H28N2O5S. The number of anilines is 1. The lowest BCUT2D eigenvalue weighted by molar-refractivity contribution is 0.0937. The maximum absolute atomic E-state index is 14.6. The van der Waals surface area contributed by atoms with E-state index in [1.807, 2.05) is 66.7 Å². The van der Waals surface area contributed by atoms with Crippen LogP contribution in [0.25, 0.3) is 11.3 Å². The van der Waals surface area contributed by atoms with Gasteiger partial charge in [-0.3, -0.25) is 4.79 Å². The van der Waals surface area contributed by atoms with E-state index in [0.717, 1.165) is 11.1 Å². The minimum absolute atomic E-state index is 0.0170. The van der Waals surface area contributed by atoms with Gasteiger partial charge in [0.05, 0.1) is 27.9 Å². The average molecular weight is 589 g/mol. The van der Waals surface area contributed by atoms with Gasteiger partial charge in [0.2, 0.25) is 0 Å². The van der Waals surface area contributed by atoms with E-state index in [2.05, 4.69) is 5.32 Å². The molecule has 0 saturated heterocycles. The lowest BCUT2D eigenvalue weighted by Gasteiger charge is -2.35. The van der Waals surface area contributed by atoms with Gasteiger partial charge < -0.3 is 15.5 Å².